The first-order valence-corrected chi connectivity index (χ1v) is 8.36. The van der Waals surface area contributed by atoms with E-state index in [2.05, 4.69) is 15.7 Å². The van der Waals surface area contributed by atoms with Crippen molar-refractivity contribution in [2.75, 3.05) is 11.9 Å². The number of aliphatic hydroxyl groups excluding tert-OH is 1. The molecule has 3 rings (SSSR count). The van der Waals surface area contributed by atoms with E-state index in [1.165, 1.54) is 0 Å². The van der Waals surface area contributed by atoms with Gasteiger partial charge < -0.3 is 15.7 Å². The van der Waals surface area contributed by atoms with Crippen LogP contribution in [0.15, 0.2) is 30.3 Å². The molecular formula is C18H24N4O2. The van der Waals surface area contributed by atoms with Gasteiger partial charge in [0.05, 0.1) is 17.1 Å². The zero-order valence-corrected chi connectivity index (χ0v) is 14.2. The highest BCUT2D eigenvalue weighted by Crippen LogP contribution is 2.34. The molecule has 0 bridgehead atoms. The van der Waals surface area contributed by atoms with Crippen LogP contribution >= 0.6 is 0 Å². The molecule has 0 unspecified atom stereocenters. The minimum atomic E-state index is -0.258. The second-order valence-electron chi connectivity index (χ2n) is 6.54. The fourth-order valence-electron chi connectivity index (χ4n) is 3.29. The van der Waals surface area contributed by atoms with Gasteiger partial charge in [-0.15, -0.1) is 0 Å². The van der Waals surface area contributed by atoms with E-state index in [1.54, 1.807) is 0 Å². The van der Waals surface area contributed by atoms with Gasteiger partial charge in [-0.3, -0.25) is 0 Å². The van der Waals surface area contributed by atoms with Gasteiger partial charge in [0.15, 0.2) is 0 Å². The Morgan fingerprint density at radius 2 is 2.08 bits per heavy atom. The molecule has 0 spiro atoms. The summed E-state index contributed by atoms with van der Waals surface area (Å²) < 4.78 is 1.83. The van der Waals surface area contributed by atoms with Gasteiger partial charge in [-0.2, -0.15) is 5.10 Å². The average Bonchev–Trinajstić information content (AvgIpc) is 2.84. The Morgan fingerprint density at radius 1 is 1.33 bits per heavy atom. The number of para-hydroxylation sites is 2. The first-order valence-electron chi connectivity index (χ1n) is 8.36. The van der Waals surface area contributed by atoms with Crippen molar-refractivity contribution in [1.82, 2.24) is 15.1 Å². The molecule has 1 aromatic heterocycles. The topological polar surface area (TPSA) is 79.2 Å². The van der Waals surface area contributed by atoms with Crippen molar-refractivity contribution in [2.24, 2.45) is 0 Å². The maximum absolute atomic E-state index is 12.4. The summed E-state index contributed by atoms with van der Waals surface area (Å²) in [5.74, 6) is 0. The number of aromatic nitrogens is 2. The molecule has 24 heavy (non-hydrogen) atoms. The predicted octanol–water partition coefficient (Wildman–Crippen LogP) is 2.92. The third-order valence-corrected chi connectivity index (χ3v) is 4.67. The molecule has 1 saturated carbocycles. The minimum Gasteiger partial charge on any atom is -0.396 e. The summed E-state index contributed by atoms with van der Waals surface area (Å²) in [4.78, 5) is 12.4. The molecule has 3 N–H and O–H groups in total. The average molecular weight is 328 g/mol. The molecule has 2 aromatic rings. The number of urea groups is 1. The van der Waals surface area contributed by atoms with Gasteiger partial charge in [0, 0.05) is 17.8 Å². The van der Waals surface area contributed by atoms with E-state index >= 15 is 0 Å². The van der Waals surface area contributed by atoms with E-state index in [1.807, 2.05) is 48.9 Å². The molecule has 0 aliphatic heterocycles. The van der Waals surface area contributed by atoms with Crippen molar-refractivity contribution in [2.45, 2.75) is 45.1 Å². The van der Waals surface area contributed by atoms with Crippen molar-refractivity contribution in [3.8, 4) is 5.69 Å². The van der Waals surface area contributed by atoms with E-state index in [4.69, 9.17) is 0 Å². The van der Waals surface area contributed by atoms with Crippen molar-refractivity contribution >= 4 is 11.7 Å². The smallest absolute Gasteiger partial charge is 0.319 e. The van der Waals surface area contributed by atoms with E-state index in [9.17, 15) is 9.90 Å². The zero-order valence-electron chi connectivity index (χ0n) is 14.2. The lowest BCUT2D eigenvalue weighted by atomic mass is 9.74. The van der Waals surface area contributed by atoms with E-state index in [-0.39, 0.29) is 18.2 Å². The van der Waals surface area contributed by atoms with Crippen molar-refractivity contribution in [1.29, 1.82) is 0 Å². The fourth-order valence-corrected chi connectivity index (χ4v) is 3.29. The highest BCUT2D eigenvalue weighted by atomic mass is 16.3. The summed E-state index contributed by atoms with van der Waals surface area (Å²) in [6.45, 7) is 4.02. The highest BCUT2D eigenvalue weighted by molar-refractivity contribution is 5.92. The largest absolute Gasteiger partial charge is 0.396 e. The number of anilines is 1. The number of hydrogen-bond donors (Lipinski definition) is 3. The molecule has 1 heterocycles. The Morgan fingerprint density at radius 3 is 2.67 bits per heavy atom. The summed E-state index contributed by atoms with van der Waals surface area (Å²) >= 11 is 0. The number of rotatable bonds is 5. The van der Waals surface area contributed by atoms with Gasteiger partial charge in [0.25, 0.3) is 0 Å². The lowest BCUT2D eigenvalue weighted by Crippen LogP contribution is -2.55. The molecule has 1 fully saturated rings. The van der Waals surface area contributed by atoms with E-state index < -0.39 is 0 Å². The normalized spacial score (nSPS) is 15.6. The van der Waals surface area contributed by atoms with Crippen molar-refractivity contribution in [3.05, 3.63) is 41.7 Å². The summed E-state index contributed by atoms with van der Waals surface area (Å²) in [6, 6.07) is 9.37. The van der Waals surface area contributed by atoms with Crippen LogP contribution in [0.5, 0.6) is 0 Å². The Labute approximate surface area is 141 Å². The predicted molar refractivity (Wildman–Crippen MR) is 93.5 cm³/mol. The van der Waals surface area contributed by atoms with Crippen LogP contribution in [0.1, 0.15) is 37.1 Å². The summed E-state index contributed by atoms with van der Waals surface area (Å²) in [6.07, 6.45) is 3.52. The number of hydrogen-bond acceptors (Lipinski definition) is 3. The standard InChI is InChI=1S/C18H24N4O2/c1-13-12-14(2)22(21-13)16-7-4-3-6-15(16)19-17(24)20-18(10-11-23)8-5-9-18/h3-4,6-7,12,23H,5,8-11H2,1-2H3,(H2,19,20,24). The van der Waals surface area contributed by atoms with Gasteiger partial charge in [0.1, 0.15) is 0 Å². The van der Waals surface area contributed by atoms with Crippen molar-refractivity contribution < 1.29 is 9.90 Å². The number of carbonyl (C=O) groups is 1. The highest BCUT2D eigenvalue weighted by Gasteiger charge is 2.37. The minimum absolute atomic E-state index is 0.0859. The third kappa shape index (κ3) is 3.28. The number of nitrogens with zero attached hydrogens (tertiary/aromatic N) is 2. The van der Waals surface area contributed by atoms with Crippen LogP contribution in [0.25, 0.3) is 5.69 Å². The molecule has 1 aromatic carbocycles. The van der Waals surface area contributed by atoms with Crippen LogP contribution in [-0.2, 0) is 0 Å². The van der Waals surface area contributed by atoms with Gasteiger partial charge in [-0.05, 0) is 57.7 Å². The number of amides is 2. The molecular weight excluding hydrogens is 304 g/mol. The number of carbonyl (C=O) groups excluding carboxylic acids is 1. The quantitative estimate of drug-likeness (QED) is 0.789. The monoisotopic (exact) mass is 328 g/mol. The number of benzene rings is 1. The van der Waals surface area contributed by atoms with Crippen LogP contribution in [-0.4, -0.2) is 33.1 Å². The SMILES string of the molecule is Cc1cc(C)n(-c2ccccc2NC(=O)NC2(CCO)CCC2)n1. The van der Waals surface area contributed by atoms with Crippen LogP contribution in [0.3, 0.4) is 0 Å². The summed E-state index contributed by atoms with van der Waals surface area (Å²) in [5, 5.41) is 19.7. The maximum atomic E-state index is 12.4. The zero-order chi connectivity index (χ0) is 17.2. The van der Waals surface area contributed by atoms with E-state index in [0.717, 1.165) is 36.3 Å². The van der Waals surface area contributed by atoms with Gasteiger partial charge in [0.2, 0.25) is 0 Å². The maximum Gasteiger partial charge on any atom is 0.319 e. The van der Waals surface area contributed by atoms with E-state index in [0.29, 0.717) is 12.1 Å². The second-order valence-corrected chi connectivity index (χ2v) is 6.54. The lowest BCUT2D eigenvalue weighted by Gasteiger charge is -2.42. The molecule has 6 heteroatoms. The van der Waals surface area contributed by atoms with Crippen LogP contribution in [0, 0.1) is 13.8 Å². The van der Waals surface area contributed by atoms with Crippen LogP contribution in [0.4, 0.5) is 10.5 Å². The Hall–Kier alpha value is -2.34. The molecule has 1 aliphatic rings. The number of nitrogens with one attached hydrogen (secondary N) is 2. The lowest BCUT2D eigenvalue weighted by molar-refractivity contribution is 0.139. The van der Waals surface area contributed by atoms with Crippen LogP contribution in [0.2, 0.25) is 0 Å². The molecule has 2 amide bonds. The Balaban J connectivity index is 1.78. The molecule has 0 saturated heterocycles. The van der Waals surface area contributed by atoms with Crippen molar-refractivity contribution in [3.63, 3.8) is 0 Å². The molecule has 0 atom stereocenters. The third-order valence-electron chi connectivity index (χ3n) is 4.67. The molecule has 6 nitrogen and oxygen atoms in total. The molecule has 128 valence electrons. The molecule has 0 radical (unpaired) electrons. The molecule has 1 aliphatic carbocycles. The van der Waals surface area contributed by atoms with Gasteiger partial charge in [-0.25, -0.2) is 9.48 Å². The summed E-state index contributed by atoms with van der Waals surface area (Å²) in [7, 11) is 0. The fraction of sp³-hybridized carbons (Fsp3) is 0.444. The first kappa shape index (κ1) is 16.5. The van der Waals surface area contributed by atoms with Gasteiger partial charge in [-0.1, -0.05) is 12.1 Å². The Kier molecular flexibility index (Phi) is 4.57. The Bertz CT molecular complexity index is 734. The first-order chi connectivity index (χ1) is 11.5. The van der Waals surface area contributed by atoms with Gasteiger partial charge >= 0.3 is 6.03 Å². The number of aliphatic hydroxyl groups is 1. The second kappa shape index (κ2) is 6.65. The van der Waals surface area contributed by atoms with Crippen LogP contribution < -0.4 is 10.6 Å². The number of aryl methyl sites for hydroxylation is 2. The summed E-state index contributed by atoms with van der Waals surface area (Å²) in [5.41, 5.74) is 3.23.